The molecule has 0 aliphatic rings. The van der Waals surface area contributed by atoms with Gasteiger partial charge in [0.25, 0.3) is 0 Å². The summed E-state index contributed by atoms with van der Waals surface area (Å²) in [5.41, 5.74) is 2.03. The highest BCUT2D eigenvalue weighted by atomic mass is 32.1. The normalized spacial score (nSPS) is 11.2. The van der Waals surface area contributed by atoms with E-state index in [1.165, 1.54) is 4.70 Å². The number of rotatable bonds is 4. The van der Waals surface area contributed by atoms with Gasteiger partial charge in [0.2, 0.25) is 0 Å². The van der Waals surface area contributed by atoms with Crippen LogP contribution in [0, 0.1) is 0 Å². The molecule has 3 nitrogen and oxygen atoms in total. The number of thiazole rings is 1. The lowest BCUT2D eigenvalue weighted by Gasteiger charge is -2.02. The summed E-state index contributed by atoms with van der Waals surface area (Å²) < 4.78 is 6.24. The molecule has 0 saturated carbocycles. The van der Waals surface area contributed by atoms with Gasteiger partial charge in [0.15, 0.2) is 6.79 Å². The lowest BCUT2D eigenvalue weighted by Crippen LogP contribution is -1.94. The Hall–Kier alpha value is -2.17. The number of ether oxygens (including phenoxy) is 1. The Labute approximate surface area is 120 Å². The third kappa shape index (κ3) is 2.87. The number of aromatic nitrogens is 1. The van der Waals surface area contributed by atoms with E-state index in [4.69, 9.17) is 9.84 Å². The maximum absolute atomic E-state index is 8.75. The van der Waals surface area contributed by atoms with Crippen molar-refractivity contribution in [3.05, 3.63) is 59.1 Å². The molecule has 0 atom stereocenters. The third-order valence-corrected chi connectivity index (χ3v) is 3.82. The zero-order chi connectivity index (χ0) is 13.8. The van der Waals surface area contributed by atoms with Gasteiger partial charge in [0.05, 0.1) is 10.2 Å². The van der Waals surface area contributed by atoms with E-state index >= 15 is 0 Å². The molecule has 0 amide bonds. The van der Waals surface area contributed by atoms with Gasteiger partial charge in [-0.05, 0) is 35.9 Å². The number of aliphatic hydroxyl groups is 1. The Morgan fingerprint density at radius 1 is 1.10 bits per heavy atom. The van der Waals surface area contributed by atoms with E-state index in [1.807, 2.05) is 54.6 Å². The Balaban J connectivity index is 1.84. The summed E-state index contributed by atoms with van der Waals surface area (Å²) in [6.45, 7) is -0.314. The van der Waals surface area contributed by atoms with Crippen molar-refractivity contribution in [2.24, 2.45) is 0 Å². The Bertz CT molecular complexity index is 716. The van der Waals surface area contributed by atoms with Crippen molar-refractivity contribution < 1.29 is 9.84 Å². The lowest BCUT2D eigenvalue weighted by atomic mass is 10.2. The summed E-state index contributed by atoms with van der Waals surface area (Å²) >= 11 is 1.66. The molecule has 0 spiro atoms. The van der Waals surface area contributed by atoms with Crippen molar-refractivity contribution in [3.63, 3.8) is 0 Å². The van der Waals surface area contributed by atoms with Crippen LogP contribution in [0.3, 0.4) is 0 Å². The van der Waals surface area contributed by atoms with E-state index in [0.717, 1.165) is 16.1 Å². The second-order valence-electron chi connectivity index (χ2n) is 4.20. The van der Waals surface area contributed by atoms with Crippen LogP contribution in [0.4, 0.5) is 0 Å². The molecule has 0 aliphatic carbocycles. The van der Waals surface area contributed by atoms with Gasteiger partial charge in [-0.15, -0.1) is 11.3 Å². The second-order valence-corrected chi connectivity index (χ2v) is 5.26. The number of para-hydroxylation sites is 1. The number of nitrogens with zero attached hydrogens (tertiary/aromatic N) is 1. The van der Waals surface area contributed by atoms with Crippen molar-refractivity contribution in [1.29, 1.82) is 0 Å². The highest BCUT2D eigenvalue weighted by Gasteiger charge is 1.99. The van der Waals surface area contributed by atoms with Crippen molar-refractivity contribution >= 4 is 33.7 Å². The summed E-state index contributed by atoms with van der Waals surface area (Å²) in [4.78, 5) is 4.55. The van der Waals surface area contributed by atoms with Gasteiger partial charge in [-0.3, -0.25) is 0 Å². The van der Waals surface area contributed by atoms with Crippen molar-refractivity contribution in [1.82, 2.24) is 4.98 Å². The first-order valence-electron chi connectivity index (χ1n) is 6.22. The van der Waals surface area contributed by atoms with E-state index in [2.05, 4.69) is 11.1 Å². The SMILES string of the molecule is OCOc1cccc(C=Cc2nc3ccccc3s2)c1. The molecule has 4 heteroatoms. The predicted octanol–water partition coefficient (Wildman–Crippen LogP) is 3.80. The molecule has 1 heterocycles. The lowest BCUT2D eigenvalue weighted by molar-refractivity contribution is 0.0985. The smallest absolute Gasteiger partial charge is 0.186 e. The minimum absolute atomic E-state index is 0.314. The number of hydrogen-bond donors (Lipinski definition) is 1. The summed E-state index contributed by atoms with van der Waals surface area (Å²) in [5.74, 6) is 0.652. The second kappa shape index (κ2) is 5.86. The molecule has 2 aromatic carbocycles. The van der Waals surface area contributed by atoms with Crippen LogP contribution in [-0.4, -0.2) is 16.9 Å². The monoisotopic (exact) mass is 283 g/mol. The summed E-state index contributed by atoms with van der Waals surface area (Å²) in [6.07, 6.45) is 3.98. The van der Waals surface area contributed by atoms with Crippen LogP contribution < -0.4 is 4.74 Å². The van der Waals surface area contributed by atoms with Crippen LogP contribution in [0.1, 0.15) is 10.6 Å². The van der Waals surface area contributed by atoms with Crippen LogP contribution in [0.25, 0.3) is 22.4 Å². The first-order valence-corrected chi connectivity index (χ1v) is 7.04. The van der Waals surface area contributed by atoms with Crippen molar-refractivity contribution in [3.8, 4) is 5.75 Å². The molecule has 3 rings (SSSR count). The van der Waals surface area contributed by atoms with E-state index in [1.54, 1.807) is 11.3 Å². The average molecular weight is 283 g/mol. The molecule has 100 valence electrons. The minimum Gasteiger partial charge on any atom is -0.468 e. The molecule has 0 unspecified atom stereocenters. The molecule has 3 aromatic rings. The Kier molecular flexibility index (Phi) is 3.76. The molecule has 20 heavy (non-hydrogen) atoms. The number of hydrogen-bond acceptors (Lipinski definition) is 4. The zero-order valence-corrected chi connectivity index (χ0v) is 11.5. The Morgan fingerprint density at radius 2 is 2.00 bits per heavy atom. The van der Waals surface area contributed by atoms with Gasteiger partial charge in [0.1, 0.15) is 10.8 Å². The summed E-state index contributed by atoms with van der Waals surface area (Å²) in [5, 5.41) is 9.72. The fraction of sp³-hybridized carbons (Fsp3) is 0.0625. The maximum Gasteiger partial charge on any atom is 0.186 e. The highest BCUT2D eigenvalue weighted by molar-refractivity contribution is 7.19. The summed E-state index contributed by atoms with van der Waals surface area (Å²) in [7, 11) is 0. The topological polar surface area (TPSA) is 42.4 Å². The molecule has 0 saturated heterocycles. The van der Waals surface area contributed by atoms with Gasteiger partial charge in [-0.25, -0.2) is 4.98 Å². The van der Waals surface area contributed by atoms with Gasteiger partial charge in [-0.2, -0.15) is 0 Å². The predicted molar refractivity (Wildman–Crippen MR) is 82.7 cm³/mol. The molecule has 0 bridgehead atoms. The first-order chi connectivity index (χ1) is 9.85. The van der Waals surface area contributed by atoms with Crippen LogP contribution in [0.2, 0.25) is 0 Å². The third-order valence-electron chi connectivity index (χ3n) is 2.82. The highest BCUT2D eigenvalue weighted by Crippen LogP contribution is 2.23. The van der Waals surface area contributed by atoms with Gasteiger partial charge >= 0.3 is 0 Å². The minimum atomic E-state index is -0.314. The molecule has 1 aromatic heterocycles. The number of benzene rings is 2. The summed E-state index contributed by atoms with van der Waals surface area (Å²) in [6, 6.07) is 15.6. The zero-order valence-electron chi connectivity index (χ0n) is 10.7. The number of aliphatic hydroxyl groups excluding tert-OH is 1. The van der Waals surface area contributed by atoms with E-state index < -0.39 is 0 Å². The van der Waals surface area contributed by atoms with Crippen LogP contribution >= 0.6 is 11.3 Å². The quantitative estimate of drug-likeness (QED) is 0.741. The van der Waals surface area contributed by atoms with Gasteiger partial charge in [-0.1, -0.05) is 30.3 Å². The largest absolute Gasteiger partial charge is 0.468 e. The van der Waals surface area contributed by atoms with E-state index in [-0.39, 0.29) is 6.79 Å². The standard InChI is InChI=1S/C16H13NO2S/c18-11-19-13-5-3-4-12(10-13)8-9-16-17-14-6-1-2-7-15(14)20-16/h1-10,18H,11H2. The van der Waals surface area contributed by atoms with E-state index in [0.29, 0.717) is 5.75 Å². The van der Waals surface area contributed by atoms with Gasteiger partial charge in [0, 0.05) is 0 Å². The van der Waals surface area contributed by atoms with Gasteiger partial charge < -0.3 is 9.84 Å². The Morgan fingerprint density at radius 3 is 2.85 bits per heavy atom. The first kappa shape index (κ1) is 12.8. The van der Waals surface area contributed by atoms with Crippen LogP contribution in [0.5, 0.6) is 5.75 Å². The fourth-order valence-electron chi connectivity index (χ4n) is 1.91. The molecule has 1 N–H and O–H groups in total. The molecule has 0 fully saturated rings. The molecular weight excluding hydrogens is 270 g/mol. The van der Waals surface area contributed by atoms with Crippen molar-refractivity contribution in [2.45, 2.75) is 0 Å². The van der Waals surface area contributed by atoms with E-state index in [9.17, 15) is 0 Å². The van der Waals surface area contributed by atoms with Crippen molar-refractivity contribution in [2.75, 3.05) is 6.79 Å². The maximum atomic E-state index is 8.75. The average Bonchev–Trinajstić information content (AvgIpc) is 2.89. The molecule has 0 aliphatic heterocycles. The van der Waals surface area contributed by atoms with Crippen LogP contribution in [-0.2, 0) is 0 Å². The fourth-order valence-corrected chi connectivity index (χ4v) is 2.78. The molecular formula is C16H13NO2S. The molecule has 0 radical (unpaired) electrons. The number of fused-ring (bicyclic) bond motifs is 1. The van der Waals surface area contributed by atoms with Crippen LogP contribution in [0.15, 0.2) is 48.5 Å².